The molecule has 0 bridgehead atoms. The first-order valence-electron chi connectivity index (χ1n) is 5.01. The molecule has 0 spiro atoms. The first kappa shape index (κ1) is 9.24. The quantitative estimate of drug-likeness (QED) is 0.767. The molecular formula is C10H16N4. The molecule has 4 heteroatoms. The van der Waals surface area contributed by atoms with Crippen LogP contribution in [0.25, 0.3) is 0 Å². The number of hydrogen-bond acceptors (Lipinski definition) is 4. The second-order valence-corrected chi connectivity index (χ2v) is 4.05. The van der Waals surface area contributed by atoms with Gasteiger partial charge in [-0.3, -0.25) is 0 Å². The summed E-state index contributed by atoms with van der Waals surface area (Å²) >= 11 is 0. The van der Waals surface area contributed by atoms with Gasteiger partial charge in [0.15, 0.2) is 0 Å². The molecule has 0 atom stereocenters. The molecule has 1 heterocycles. The number of aromatic nitrogens is 2. The number of rotatable bonds is 3. The first-order valence-corrected chi connectivity index (χ1v) is 5.01. The van der Waals surface area contributed by atoms with Gasteiger partial charge in [-0.25, -0.2) is 4.98 Å². The van der Waals surface area contributed by atoms with Crippen molar-refractivity contribution in [2.45, 2.75) is 31.7 Å². The molecule has 14 heavy (non-hydrogen) atoms. The maximum Gasteiger partial charge on any atom is 0.224 e. The minimum Gasteiger partial charge on any atom is -0.365 e. The molecule has 76 valence electrons. The van der Waals surface area contributed by atoms with Gasteiger partial charge in [0.05, 0.1) is 0 Å². The van der Waals surface area contributed by atoms with Crippen LogP contribution in [0.3, 0.4) is 0 Å². The minimum absolute atomic E-state index is 0.249. The van der Waals surface area contributed by atoms with E-state index in [2.05, 4.69) is 27.5 Å². The molecule has 0 unspecified atom stereocenters. The largest absolute Gasteiger partial charge is 0.365 e. The molecule has 2 rings (SSSR count). The van der Waals surface area contributed by atoms with E-state index in [-0.39, 0.29) is 5.54 Å². The summed E-state index contributed by atoms with van der Waals surface area (Å²) in [6.45, 7) is 2.23. The zero-order chi connectivity index (χ0) is 10.0. The third kappa shape index (κ3) is 1.78. The summed E-state index contributed by atoms with van der Waals surface area (Å²) in [6.07, 6.45) is 5.54. The smallest absolute Gasteiger partial charge is 0.224 e. The lowest BCUT2D eigenvalue weighted by atomic mass is 9.78. The summed E-state index contributed by atoms with van der Waals surface area (Å²) in [5, 5.41) is 6.37. The highest BCUT2D eigenvalue weighted by Crippen LogP contribution is 2.34. The van der Waals surface area contributed by atoms with Crippen LogP contribution in [0.5, 0.6) is 0 Å². The molecule has 2 N–H and O–H groups in total. The van der Waals surface area contributed by atoms with Gasteiger partial charge in [0.1, 0.15) is 5.82 Å². The summed E-state index contributed by atoms with van der Waals surface area (Å²) in [4.78, 5) is 8.39. The van der Waals surface area contributed by atoms with Gasteiger partial charge in [0, 0.05) is 18.8 Å². The van der Waals surface area contributed by atoms with E-state index in [1.807, 2.05) is 13.1 Å². The lowest BCUT2D eigenvalue weighted by Gasteiger charge is -2.39. The fourth-order valence-electron chi connectivity index (χ4n) is 1.69. The standard InChI is InChI=1S/C10H16N4/c1-10(5-3-6-10)14-8-4-7-12-9(11-2)13-8/h4,7H,3,5-6H2,1-2H3,(H2,11,12,13,14). The van der Waals surface area contributed by atoms with Gasteiger partial charge in [-0.1, -0.05) is 0 Å². The van der Waals surface area contributed by atoms with Crippen LogP contribution in [-0.4, -0.2) is 22.6 Å². The fraction of sp³-hybridized carbons (Fsp3) is 0.600. The van der Waals surface area contributed by atoms with Crippen molar-refractivity contribution >= 4 is 11.8 Å². The second kappa shape index (κ2) is 3.44. The fourth-order valence-corrected chi connectivity index (χ4v) is 1.69. The van der Waals surface area contributed by atoms with Crippen molar-refractivity contribution in [3.63, 3.8) is 0 Å². The van der Waals surface area contributed by atoms with Crippen molar-refractivity contribution in [2.24, 2.45) is 0 Å². The van der Waals surface area contributed by atoms with E-state index < -0.39 is 0 Å². The second-order valence-electron chi connectivity index (χ2n) is 4.05. The molecule has 4 nitrogen and oxygen atoms in total. The van der Waals surface area contributed by atoms with Crippen molar-refractivity contribution in [1.82, 2.24) is 9.97 Å². The topological polar surface area (TPSA) is 49.8 Å². The van der Waals surface area contributed by atoms with Crippen LogP contribution in [0.4, 0.5) is 11.8 Å². The predicted octanol–water partition coefficient (Wildman–Crippen LogP) is 1.87. The van der Waals surface area contributed by atoms with E-state index in [1.165, 1.54) is 19.3 Å². The molecule has 1 aliphatic rings. The van der Waals surface area contributed by atoms with Gasteiger partial charge in [0.25, 0.3) is 0 Å². The molecule has 1 saturated carbocycles. The first-order chi connectivity index (χ1) is 6.72. The third-order valence-electron chi connectivity index (χ3n) is 2.77. The third-order valence-corrected chi connectivity index (χ3v) is 2.77. The van der Waals surface area contributed by atoms with Crippen LogP contribution >= 0.6 is 0 Å². The summed E-state index contributed by atoms with van der Waals surface area (Å²) in [7, 11) is 1.82. The molecular weight excluding hydrogens is 176 g/mol. The van der Waals surface area contributed by atoms with Crippen LogP contribution in [-0.2, 0) is 0 Å². The lowest BCUT2D eigenvalue weighted by molar-refractivity contribution is 0.306. The Hall–Kier alpha value is -1.32. The number of hydrogen-bond donors (Lipinski definition) is 2. The number of anilines is 2. The average molecular weight is 192 g/mol. The van der Waals surface area contributed by atoms with E-state index in [0.29, 0.717) is 5.95 Å². The van der Waals surface area contributed by atoms with E-state index in [0.717, 1.165) is 5.82 Å². The summed E-state index contributed by atoms with van der Waals surface area (Å²) in [6, 6.07) is 1.91. The SMILES string of the molecule is CNc1nccc(NC2(C)CCC2)n1. The summed E-state index contributed by atoms with van der Waals surface area (Å²) in [5.41, 5.74) is 0.249. The number of nitrogens with zero attached hydrogens (tertiary/aromatic N) is 2. The van der Waals surface area contributed by atoms with Gasteiger partial charge in [-0.15, -0.1) is 0 Å². The van der Waals surface area contributed by atoms with Crippen molar-refractivity contribution in [3.8, 4) is 0 Å². The Kier molecular flexibility index (Phi) is 2.27. The van der Waals surface area contributed by atoms with Crippen LogP contribution in [0.15, 0.2) is 12.3 Å². The van der Waals surface area contributed by atoms with Gasteiger partial charge < -0.3 is 10.6 Å². The molecule has 0 radical (unpaired) electrons. The van der Waals surface area contributed by atoms with Gasteiger partial charge in [0.2, 0.25) is 5.95 Å². The van der Waals surface area contributed by atoms with Crippen LogP contribution in [0.2, 0.25) is 0 Å². The van der Waals surface area contributed by atoms with Crippen molar-refractivity contribution in [1.29, 1.82) is 0 Å². The molecule has 0 aliphatic heterocycles. The van der Waals surface area contributed by atoms with Crippen LogP contribution < -0.4 is 10.6 Å². The Bertz CT molecular complexity index is 320. The molecule has 1 aromatic rings. The Balaban J connectivity index is 2.08. The Morgan fingerprint density at radius 1 is 1.43 bits per heavy atom. The normalized spacial score (nSPS) is 18.4. The van der Waals surface area contributed by atoms with E-state index in [9.17, 15) is 0 Å². The van der Waals surface area contributed by atoms with Gasteiger partial charge >= 0.3 is 0 Å². The van der Waals surface area contributed by atoms with E-state index in [1.54, 1.807) is 6.20 Å². The van der Waals surface area contributed by atoms with E-state index >= 15 is 0 Å². The zero-order valence-corrected chi connectivity index (χ0v) is 8.67. The Morgan fingerprint density at radius 2 is 2.21 bits per heavy atom. The van der Waals surface area contributed by atoms with Crippen molar-refractivity contribution in [3.05, 3.63) is 12.3 Å². The number of nitrogens with one attached hydrogen (secondary N) is 2. The predicted molar refractivity (Wildman–Crippen MR) is 57.5 cm³/mol. The highest BCUT2D eigenvalue weighted by molar-refractivity contribution is 5.42. The Labute approximate surface area is 84.2 Å². The summed E-state index contributed by atoms with van der Waals surface area (Å²) in [5.74, 6) is 1.57. The van der Waals surface area contributed by atoms with Gasteiger partial charge in [-0.2, -0.15) is 4.98 Å². The molecule has 1 aliphatic carbocycles. The van der Waals surface area contributed by atoms with Crippen LogP contribution in [0.1, 0.15) is 26.2 Å². The van der Waals surface area contributed by atoms with Crippen molar-refractivity contribution in [2.75, 3.05) is 17.7 Å². The molecule has 0 aromatic carbocycles. The zero-order valence-electron chi connectivity index (χ0n) is 8.67. The maximum atomic E-state index is 4.32. The molecule has 1 aromatic heterocycles. The minimum atomic E-state index is 0.249. The Morgan fingerprint density at radius 3 is 2.79 bits per heavy atom. The van der Waals surface area contributed by atoms with Crippen molar-refractivity contribution < 1.29 is 0 Å². The average Bonchev–Trinajstić information content (AvgIpc) is 2.16. The highest BCUT2D eigenvalue weighted by atomic mass is 15.1. The van der Waals surface area contributed by atoms with E-state index in [4.69, 9.17) is 0 Å². The monoisotopic (exact) mass is 192 g/mol. The van der Waals surface area contributed by atoms with Crippen LogP contribution in [0, 0.1) is 0 Å². The van der Waals surface area contributed by atoms with Gasteiger partial charge in [-0.05, 0) is 32.3 Å². The molecule has 1 fully saturated rings. The lowest BCUT2D eigenvalue weighted by Crippen LogP contribution is -2.41. The summed E-state index contributed by atoms with van der Waals surface area (Å²) < 4.78 is 0. The maximum absolute atomic E-state index is 4.32. The molecule has 0 amide bonds. The molecule has 0 saturated heterocycles. The highest BCUT2D eigenvalue weighted by Gasteiger charge is 2.31.